The number of rotatable bonds is 10. The van der Waals surface area contributed by atoms with Crippen molar-refractivity contribution in [1.29, 1.82) is 0 Å². The Labute approximate surface area is 199 Å². The molecule has 5 N–H and O–H groups in total. The highest BCUT2D eigenvalue weighted by Gasteiger charge is 2.21. The van der Waals surface area contributed by atoms with Crippen molar-refractivity contribution < 1.29 is 19.4 Å². The molecule has 0 aliphatic carbocycles. The summed E-state index contributed by atoms with van der Waals surface area (Å²) in [6.45, 7) is 3.06. The van der Waals surface area contributed by atoms with E-state index in [0.29, 0.717) is 36.6 Å². The number of nitrogens with zero attached hydrogens (tertiary/aromatic N) is 2. The molecule has 0 spiro atoms. The second-order valence-corrected chi connectivity index (χ2v) is 8.15. The predicted octanol–water partition coefficient (Wildman–Crippen LogP) is 2.75. The summed E-state index contributed by atoms with van der Waals surface area (Å²) in [5.74, 6) is -0.0620. The lowest BCUT2D eigenvalue weighted by atomic mass is 9.99. The standard InChI is InChI=1S/C26H32N4O4/c1-2-10-30(11-3-12-31)26(33)22-14-21-9-8-20(15-23(21)29-24(28)16-22)19-6-4-18(5-7-19)13-25(32)34-17-27/h4-9,14-15,31H,2-3,10-13,16-17,27H2,1H3,(H2,28,29). The number of amidine groups is 1. The molecule has 1 heterocycles. The first-order valence-corrected chi connectivity index (χ1v) is 11.5. The molecule has 1 aliphatic heterocycles. The van der Waals surface area contributed by atoms with E-state index in [9.17, 15) is 14.7 Å². The third-order valence-corrected chi connectivity index (χ3v) is 5.52. The third kappa shape index (κ3) is 6.52. The van der Waals surface area contributed by atoms with Gasteiger partial charge >= 0.3 is 5.97 Å². The van der Waals surface area contributed by atoms with Gasteiger partial charge in [0.05, 0.1) is 12.1 Å². The number of aliphatic hydroxyl groups is 1. The fourth-order valence-corrected chi connectivity index (χ4v) is 3.88. The highest BCUT2D eigenvalue weighted by atomic mass is 16.5. The zero-order valence-electron chi connectivity index (χ0n) is 19.5. The maximum absolute atomic E-state index is 13.2. The van der Waals surface area contributed by atoms with E-state index >= 15 is 0 Å². The van der Waals surface area contributed by atoms with Crippen molar-refractivity contribution in [2.45, 2.75) is 32.6 Å². The molecule has 180 valence electrons. The van der Waals surface area contributed by atoms with E-state index in [1.165, 1.54) is 0 Å². The first-order chi connectivity index (χ1) is 16.4. The van der Waals surface area contributed by atoms with E-state index in [1.54, 1.807) is 4.90 Å². The zero-order chi connectivity index (χ0) is 24.5. The van der Waals surface area contributed by atoms with E-state index < -0.39 is 0 Å². The number of carbonyl (C=O) groups is 2. The lowest BCUT2D eigenvalue weighted by Gasteiger charge is -2.23. The summed E-state index contributed by atoms with van der Waals surface area (Å²) < 4.78 is 4.79. The van der Waals surface area contributed by atoms with Gasteiger partial charge in [0.2, 0.25) is 5.91 Å². The van der Waals surface area contributed by atoms with Crippen LogP contribution in [0.5, 0.6) is 0 Å². The number of aliphatic imine (C=N–C) groups is 1. The summed E-state index contributed by atoms with van der Waals surface area (Å²) in [5, 5.41) is 9.17. The molecule has 0 fully saturated rings. The van der Waals surface area contributed by atoms with E-state index in [-0.39, 0.29) is 38.1 Å². The van der Waals surface area contributed by atoms with E-state index in [2.05, 4.69) is 4.99 Å². The highest BCUT2D eigenvalue weighted by Crippen LogP contribution is 2.32. The third-order valence-electron chi connectivity index (χ3n) is 5.52. The Kier molecular flexibility index (Phi) is 8.95. The summed E-state index contributed by atoms with van der Waals surface area (Å²) in [6, 6.07) is 13.5. The molecule has 1 aliphatic rings. The number of aliphatic hydroxyl groups excluding tert-OH is 1. The molecule has 2 aromatic carbocycles. The van der Waals surface area contributed by atoms with E-state index in [1.807, 2.05) is 55.5 Å². The number of hydrogen-bond donors (Lipinski definition) is 3. The first kappa shape index (κ1) is 25.1. The smallest absolute Gasteiger partial charge is 0.311 e. The van der Waals surface area contributed by atoms with Crippen LogP contribution in [0.3, 0.4) is 0 Å². The van der Waals surface area contributed by atoms with Crippen LogP contribution in [0, 0.1) is 0 Å². The van der Waals surface area contributed by atoms with Crippen molar-refractivity contribution in [2.75, 3.05) is 26.4 Å². The van der Waals surface area contributed by atoms with Crippen LogP contribution in [-0.4, -0.2) is 54.1 Å². The minimum Gasteiger partial charge on any atom is -0.450 e. The predicted molar refractivity (Wildman–Crippen MR) is 133 cm³/mol. The molecule has 3 rings (SSSR count). The Bertz CT molecular complexity index is 1080. The van der Waals surface area contributed by atoms with Crippen molar-refractivity contribution in [3.63, 3.8) is 0 Å². The average Bonchev–Trinajstić information content (AvgIpc) is 2.99. The monoisotopic (exact) mass is 464 g/mol. The fourth-order valence-electron chi connectivity index (χ4n) is 3.88. The molecular weight excluding hydrogens is 432 g/mol. The summed E-state index contributed by atoms with van der Waals surface area (Å²) in [4.78, 5) is 31.1. The van der Waals surface area contributed by atoms with Gasteiger partial charge in [0.1, 0.15) is 12.6 Å². The Morgan fingerprint density at radius 2 is 1.85 bits per heavy atom. The van der Waals surface area contributed by atoms with Crippen LogP contribution >= 0.6 is 0 Å². The normalized spacial score (nSPS) is 12.8. The van der Waals surface area contributed by atoms with Gasteiger partial charge in [0, 0.05) is 37.3 Å². The van der Waals surface area contributed by atoms with Crippen LogP contribution in [0.15, 0.2) is 53.0 Å². The van der Waals surface area contributed by atoms with Crippen molar-refractivity contribution >= 4 is 29.5 Å². The van der Waals surface area contributed by atoms with Gasteiger partial charge in [-0.05, 0) is 41.7 Å². The first-order valence-electron chi connectivity index (χ1n) is 11.5. The molecule has 8 heteroatoms. The Morgan fingerprint density at radius 1 is 1.12 bits per heavy atom. The molecular formula is C26H32N4O4. The second kappa shape index (κ2) is 12.1. The number of fused-ring (bicyclic) bond motifs is 1. The molecule has 0 saturated heterocycles. The number of ether oxygens (including phenoxy) is 1. The Balaban J connectivity index is 1.84. The minimum atomic E-state index is -0.365. The molecule has 0 atom stereocenters. The Hall–Kier alpha value is -3.49. The number of nitrogens with two attached hydrogens (primary N) is 2. The zero-order valence-corrected chi connectivity index (χ0v) is 19.5. The SMILES string of the molecule is CCCN(CCCO)C(=O)C1=Cc2ccc(-c3ccc(CC(=O)OCN)cc3)cc2N=C(N)C1. The number of hydrogen-bond acceptors (Lipinski definition) is 7. The van der Waals surface area contributed by atoms with E-state index in [4.69, 9.17) is 16.2 Å². The van der Waals surface area contributed by atoms with Crippen molar-refractivity contribution in [3.8, 4) is 11.1 Å². The van der Waals surface area contributed by atoms with Gasteiger partial charge in [0.15, 0.2) is 0 Å². The highest BCUT2D eigenvalue weighted by molar-refractivity contribution is 6.05. The largest absolute Gasteiger partial charge is 0.450 e. The molecule has 0 aromatic heterocycles. The molecule has 8 nitrogen and oxygen atoms in total. The van der Waals surface area contributed by atoms with Gasteiger partial charge < -0.3 is 20.5 Å². The average molecular weight is 465 g/mol. The summed E-state index contributed by atoms with van der Waals surface area (Å²) in [7, 11) is 0. The maximum Gasteiger partial charge on any atom is 0.311 e. The van der Waals surface area contributed by atoms with Crippen molar-refractivity contribution in [1.82, 2.24) is 4.90 Å². The summed E-state index contributed by atoms with van der Waals surface area (Å²) in [6.07, 6.45) is 3.67. The number of amides is 1. The lowest BCUT2D eigenvalue weighted by Crippen LogP contribution is -2.35. The van der Waals surface area contributed by atoms with Gasteiger partial charge in [-0.25, -0.2) is 4.99 Å². The van der Waals surface area contributed by atoms with Gasteiger partial charge in [-0.3, -0.25) is 15.3 Å². The molecule has 0 unspecified atom stereocenters. The minimum absolute atomic E-state index is 0.0422. The van der Waals surface area contributed by atoms with Crippen LogP contribution in [0.2, 0.25) is 0 Å². The molecule has 1 amide bonds. The molecule has 34 heavy (non-hydrogen) atoms. The molecule has 0 radical (unpaired) electrons. The number of benzene rings is 2. The van der Waals surface area contributed by atoms with E-state index in [0.717, 1.165) is 28.7 Å². The summed E-state index contributed by atoms with van der Waals surface area (Å²) in [5.41, 5.74) is 16.3. The second-order valence-electron chi connectivity index (χ2n) is 8.15. The van der Waals surface area contributed by atoms with Gasteiger partial charge in [-0.15, -0.1) is 0 Å². The molecule has 0 saturated carbocycles. The van der Waals surface area contributed by atoms with Gasteiger partial charge in [-0.1, -0.05) is 43.3 Å². The maximum atomic E-state index is 13.2. The number of carbonyl (C=O) groups excluding carboxylic acids is 2. The fraction of sp³-hybridized carbons (Fsp3) is 0.346. The van der Waals surface area contributed by atoms with Crippen LogP contribution in [0.4, 0.5) is 5.69 Å². The Morgan fingerprint density at radius 3 is 2.53 bits per heavy atom. The van der Waals surface area contributed by atoms with Crippen LogP contribution in [0.1, 0.15) is 37.3 Å². The van der Waals surface area contributed by atoms with Crippen molar-refractivity contribution in [3.05, 3.63) is 59.2 Å². The quantitative estimate of drug-likeness (QED) is 0.366. The van der Waals surface area contributed by atoms with Crippen LogP contribution in [0.25, 0.3) is 17.2 Å². The van der Waals surface area contributed by atoms with Gasteiger partial charge in [-0.2, -0.15) is 0 Å². The lowest BCUT2D eigenvalue weighted by molar-refractivity contribution is -0.142. The molecule has 2 aromatic rings. The van der Waals surface area contributed by atoms with Crippen LogP contribution in [-0.2, 0) is 20.7 Å². The van der Waals surface area contributed by atoms with Gasteiger partial charge in [0.25, 0.3) is 0 Å². The topological polar surface area (TPSA) is 131 Å². The summed E-state index contributed by atoms with van der Waals surface area (Å²) >= 11 is 0. The number of esters is 1. The van der Waals surface area contributed by atoms with Crippen molar-refractivity contribution in [2.24, 2.45) is 16.5 Å². The van der Waals surface area contributed by atoms with Crippen LogP contribution < -0.4 is 11.5 Å². The molecule has 0 bridgehead atoms.